The molecule has 2 aromatic heterocycles. The molecule has 1 amide bonds. The van der Waals surface area contributed by atoms with Gasteiger partial charge < -0.3 is 5.32 Å². The van der Waals surface area contributed by atoms with Crippen LogP contribution in [0, 0.1) is 0 Å². The van der Waals surface area contributed by atoms with E-state index in [2.05, 4.69) is 31.2 Å². The van der Waals surface area contributed by atoms with Gasteiger partial charge in [-0.15, -0.1) is 0 Å². The van der Waals surface area contributed by atoms with Gasteiger partial charge in [-0.2, -0.15) is 0 Å². The predicted octanol–water partition coefficient (Wildman–Crippen LogP) is 3.80. The molecule has 0 aliphatic carbocycles. The molecule has 18 heavy (non-hydrogen) atoms. The van der Waals surface area contributed by atoms with Crippen LogP contribution in [0.5, 0.6) is 0 Å². The normalized spacial score (nSPS) is 10.2. The summed E-state index contributed by atoms with van der Waals surface area (Å²) in [6.07, 6.45) is 1.56. The van der Waals surface area contributed by atoms with Crippen LogP contribution in [0.1, 0.15) is 10.5 Å². The van der Waals surface area contributed by atoms with Crippen molar-refractivity contribution in [2.24, 2.45) is 0 Å². The fourth-order valence-electron chi connectivity index (χ4n) is 1.23. The zero-order valence-corrected chi connectivity index (χ0v) is 11.9. The maximum Gasteiger partial charge on any atom is 0.277 e. The quantitative estimate of drug-likeness (QED) is 0.841. The third-order valence-corrected chi connectivity index (χ3v) is 3.00. The standard InChI is InChI=1S/C11H6BrCl2N3O/c12-6-3-4-15-9(5-6)17-11(18)10-7(13)1-2-8(14)16-10/h1-5H,(H,15,17,18). The Hall–Kier alpha value is -1.17. The number of hydrogen-bond acceptors (Lipinski definition) is 3. The number of carbonyl (C=O) groups excluding carboxylic acids is 1. The van der Waals surface area contributed by atoms with E-state index in [9.17, 15) is 4.79 Å². The number of hydrogen-bond donors (Lipinski definition) is 1. The van der Waals surface area contributed by atoms with Crippen LogP contribution in [-0.4, -0.2) is 15.9 Å². The Labute approximate surface area is 121 Å². The van der Waals surface area contributed by atoms with E-state index in [0.717, 1.165) is 4.47 Å². The second-order valence-corrected chi connectivity index (χ2v) is 4.99. The summed E-state index contributed by atoms with van der Waals surface area (Å²) in [5.74, 6) is -0.0692. The number of nitrogens with one attached hydrogen (secondary N) is 1. The molecule has 4 nitrogen and oxygen atoms in total. The summed E-state index contributed by atoms with van der Waals surface area (Å²) < 4.78 is 0.804. The minimum Gasteiger partial charge on any atom is -0.305 e. The van der Waals surface area contributed by atoms with E-state index in [4.69, 9.17) is 23.2 Å². The molecule has 0 bridgehead atoms. The summed E-state index contributed by atoms with van der Waals surface area (Å²) in [5.41, 5.74) is 0.0611. The summed E-state index contributed by atoms with van der Waals surface area (Å²) >= 11 is 14.9. The number of halogens is 3. The van der Waals surface area contributed by atoms with Gasteiger partial charge in [-0.05, 0) is 24.3 Å². The highest BCUT2D eigenvalue weighted by Crippen LogP contribution is 2.19. The number of carbonyl (C=O) groups is 1. The van der Waals surface area contributed by atoms with Gasteiger partial charge in [0.05, 0.1) is 5.02 Å². The number of pyridine rings is 2. The molecule has 0 fully saturated rings. The average molecular weight is 347 g/mol. The maximum absolute atomic E-state index is 11.9. The number of aromatic nitrogens is 2. The van der Waals surface area contributed by atoms with Crippen molar-refractivity contribution in [1.82, 2.24) is 9.97 Å². The highest BCUT2D eigenvalue weighted by Gasteiger charge is 2.13. The molecule has 0 saturated carbocycles. The lowest BCUT2D eigenvalue weighted by Gasteiger charge is -2.05. The molecule has 2 aromatic rings. The van der Waals surface area contributed by atoms with Crippen molar-refractivity contribution < 1.29 is 4.79 Å². The van der Waals surface area contributed by atoms with Gasteiger partial charge in [-0.1, -0.05) is 39.1 Å². The fraction of sp³-hybridized carbons (Fsp3) is 0. The van der Waals surface area contributed by atoms with E-state index >= 15 is 0 Å². The summed E-state index contributed by atoms with van der Waals surface area (Å²) in [6, 6.07) is 6.44. The minimum atomic E-state index is -0.465. The summed E-state index contributed by atoms with van der Waals surface area (Å²) in [5, 5.41) is 3.01. The fourth-order valence-corrected chi connectivity index (χ4v) is 1.90. The Bertz CT molecular complexity index is 607. The van der Waals surface area contributed by atoms with E-state index in [-0.39, 0.29) is 15.9 Å². The third-order valence-electron chi connectivity index (χ3n) is 1.99. The van der Waals surface area contributed by atoms with Gasteiger partial charge in [0.15, 0.2) is 0 Å². The second kappa shape index (κ2) is 5.65. The number of amides is 1. The predicted molar refractivity (Wildman–Crippen MR) is 74.1 cm³/mol. The van der Waals surface area contributed by atoms with Crippen LogP contribution in [0.15, 0.2) is 34.9 Å². The lowest BCUT2D eigenvalue weighted by molar-refractivity contribution is 0.102. The second-order valence-electron chi connectivity index (χ2n) is 3.28. The molecular formula is C11H6BrCl2N3O. The molecule has 0 unspecified atom stereocenters. The molecule has 1 N–H and O–H groups in total. The molecule has 0 saturated heterocycles. The molecule has 92 valence electrons. The van der Waals surface area contributed by atoms with Gasteiger partial charge in [0.2, 0.25) is 0 Å². The summed E-state index contributed by atoms with van der Waals surface area (Å²) in [6.45, 7) is 0. The van der Waals surface area contributed by atoms with Crippen LogP contribution in [0.4, 0.5) is 5.82 Å². The zero-order valence-electron chi connectivity index (χ0n) is 8.82. The molecule has 0 radical (unpaired) electrons. The Kier molecular flexibility index (Phi) is 4.16. The van der Waals surface area contributed by atoms with Gasteiger partial charge in [-0.3, -0.25) is 4.79 Å². The largest absolute Gasteiger partial charge is 0.305 e. The molecule has 7 heteroatoms. The van der Waals surface area contributed by atoms with Gasteiger partial charge in [0.1, 0.15) is 16.7 Å². The van der Waals surface area contributed by atoms with Crippen LogP contribution < -0.4 is 5.32 Å². The number of nitrogens with zero attached hydrogens (tertiary/aromatic N) is 2. The van der Waals surface area contributed by atoms with Crippen molar-refractivity contribution >= 4 is 50.9 Å². The van der Waals surface area contributed by atoms with Gasteiger partial charge in [0.25, 0.3) is 5.91 Å². The van der Waals surface area contributed by atoms with Crippen molar-refractivity contribution in [3.63, 3.8) is 0 Å². The van der Waals surface area contributed by atoms with E-state index in [1.165, 1.54) is 12.1 Å². The highest BCUT2D eigenvalue weighted by molar-refractivity contribution is 9.10. The van der Waals surface area contributed by atoms with Crippen molar-refractivity contribution in [2.75, 3.05) is 5.32 Å². The first-order chi connectivity index (χ1) is 8.56. The third kappa shape index (κ3) is 3.19. The summed E-state index contributed by atoms with van der Waals surface area (Å²) in [4.78, 5) is 19.8. The van der Waals surface area contributed by atoms with Crippen LogP contribution in [0.3, 0.4) is 0 Å². The monoisotopic (exact) mass is 345 g/mol. The SMILES string of the molecule is O=C(Nc1cc(Br)ccn1)c1nc(Cl)ccc1Cl. The van der Waals surface area contributed by atoms with Gasteiger partial charge in [-0.25, -0.2) is 9.97 Å². The highest BCUT2D eigenvalue weighted by atomic mass is 79.9. The van der Waals surface area contributed by atoms with Gasteiger partial charge in [0, 0.05) is 10.7 Å². The lowest BCUT2D eigenvalue weighted by atomic mass is 10.3. The molecular weight excluding hydrogens is 341 g/mol. The van der Waals surface area contributed by atoms with Crippen molar-refractivity contribution in [3.8, 4) is 0 Å². The molecule has 0 spiro atoms. The molecule has 2 rings (SSSR count). The number of anilines is 1. The minimum absolute atomic E-state index is 0.0611. The Balaban J connectivity index is 2.24. The Morgan fingerprint density at radius 2 is 2.06 bits per heavy atom. The van der Waals surface area contributed by atoms with Crippen LogP contribution in [0.25, 0.3) is 0 Å². The maximum atomic E-state index is 11.9. The van der Waals surface area contributed by atoms with E-state index in [1.54, 1.807) is 18.3 Å². The molecule has 0 atom stereocenters. The molecule has 2 heterocycles. The van der Waals surface area contributed by atoms with Crippen LogP contribution in [0.2, 0.25) is 10.2 Å². The smallest absolute Gasteiger partial charge is 0.277 e. The van der Waals surface area contributed by atoms with Crippen LogP contribution >= 0.6 is 39.1 Å². The van der Waals surface area contributed by atoms with Gasteiger partial charge >= 0.3 is 0 Å². The topological polar surface area (TPSA) is 54.9 Å². The Morgan fingerprint density at radius 1 is 1.28 bits per heavy atom. The molecule has 0 aliphatic rings. The first-order valence-electron chi connectivity index (χ1n) is 4.81. The average Bonchev–Trinajstić information content (AvgIpc) is 2.32. The lowest BCUT2D eigenvalue weighted by Crippen LogP contribution is -2.15. The van der Waals surface area contributed by atoms with Crippen molar-refractivity contribution in [3.05, 3.63) is 50.8 Å². The summed E-state index contributed by atoms with van der Waals surface area (Å²) in [7, 11) is 0. The number of rotatable bonds is 2. The first-order valence-corrected chi connectivity index (χ1v) is 6.36. The first kappa shape index (κ1) is 13.3. The van der Waals surface area contributed by atoms with E-state index in [1.807, 2.05) is 0 Å². The van der Waals surface area contributed by atoms with Crippen molar-refractivity contribution in [1.29, 1.82) is 0 Å². The van der Waals surface area contributed by atoms with E-state index in [0.29, 0.717) is 5.82 Å². The van der Waals surface area contributed by atoms with Crippen molar-refractivity contribution in [2.45, 2.75) is 0 Å². The van der Waals surface area contributed by atoms with E-state index < -0.39 is 5.91 Å². The molecule has 0 aliphatic heterocycles. The van der Waals surface area contributed by atoms with Crippen LogP contribution in [-0.2, 0) is 0 Å². The zero-order chi connectivity index (χ0) is 13.1. The molecule has 0 aromatic carbocycles. The Morgan fingerprint density at radius 3 is 2.78 bits per heavy atom.